The summed E-state index contributed by atoms with van der Waals surface area (Å²) in [5.74, 6) is -0.473. The van der Waals surface area contributed by atoms with Gasteiger partial charge < -0.3 is 14.5 Å². The molecule has 0 radical (unpaired) electrons. The summed E-state index contributed by atoms with van der Waals surface area (Å²) >= 11 is 0. The Kier molecular flexibility index (Phi) is 10.1. The van der Waals surface area contributed by atoms with Gasteiger partial charge in [-0.25, -0.2) is 4.79 Å². The van der Waals surface area contributed by atoms with Crippen LogP contribution in [0, 0.1) is 13.8 Å². The van der Waals surface area contributed by atoms with E-state index in [9.17, 15) is 9.59 Å². The van der Waals surface area contributed by atoms with Gasteiger partial charge in [0.1, 0.15) is 6.10 Å². The number of aryl methyl sites for hydroxylation is 2. The molecule has 9 heteroatoms. The lowest BCUT2D eigenvalue weighted by atomic mass is 9.94. The summed E-state index contributed by atoms with van der Waals surface area (Å²) in [7, 11) is 0. The van der Waals surface area contributed by atoms with Crippen LogP contribution in [0.15, 0.2) is 46.7 Å². The van der Waals surface area contributed by atoms with Gasteiger partial charge >= 0.3 is 5.97 Å². The van der Waals surface area contributed by atoms with Crippen LogP contribution >= 0.6 is 0 Å². The number of cyclic esters (lactones) is 1. The molecule has 2 heterocycles. The Labute approximate surface area is 212 Å². The normalized spacial score (nSPS) is 24.0. The fourth-order valence-electron chi connectivity index (χ4n) is 4.50. The Hall–Kier alpha value is -3.58. The topological polar surface area (TPSA) is 117 Å². The van der Waals surface area contributed by atoms with Crippen LogP contribution in [-0.2, 0) is 20.8 Å². The summed E-state index contributed by atoms with van der Waals surface area (Å²) in [6.07, 6.45) is 11.5. The Balaban J connectivity index is 1.90. The molecule has 0 aromatic heterocycles. The van der Waals surface area contributed by atoms with Crippen molar-refractivity contribution in [2.24, 2.45) is 10.3 Å². The van der Waals surface area contributed by atoms with Crippen LogP contribution in [0.25, 0.3) is 10.4 Å². The van der Waals surface area contributed by atoms with Crippen molar-refractivity contribution in [1.29, 1.82) is 0 Å². The average Bonchev–Trinajstić information content (AvgIpc) is 2.83. The Morgan fingerprint density at radius 3 is 2.72 bits per heavy atom. The lowest BCUT2D eigenvalue weighted by Gasteiger charge is -2.26. The number of carbonyl (C=O) groups is 2. The van der Waals surface area contributed by atoms with E-state index in [1.165, 1.54) is 0 Å². The van der Waals surface area contributed by atoms with Gasteiger partial charge in [-0.15, -0.1) is 0 Å². The number of likely N-dealkylation sites (tertiary alicyclic amines) is 1. The molecule has 0 saturated carbocycles. The molecular weight excluding hydrogens is 458 g/mol. The number of carbonyl (C=O) groups excluding carboxylic acids is 2. The van der Waals surface area contributed by atoms with Crippen molar-refractivity contribution in [1.82, 2.24) is 4.90 Å². The highest BCUT2D eigenvalue weighted by Gasteiger charge is 2.21. The maximum Gasteiger partial charge on any atom is 0.338 e. The molecule has 2 aliphatic heterocycles. The van der Waals surface area contributed by atoms with Crippen molar-refractivity contribution in [2.45, 2.75) is 71.4 Å². The average molecular weight is 494 g/mol. The number of amides is 1. The number of piperidine rings is 1. The highest BCUT2D eigenvalue weighted by atomic mass is 16.6. The third-order valence-electron chi connectivity index (χ3n) is 6.24. The van der Waals surface area contributed by atoms with Crippen molar-refractivity contribution in [2.75, 3.05) is 19.7 Å². The first-order chi connectivity index (χ1) is 17.4. The first kappa shape index (κ1) is 27.0. The number of esters is 1. The second-order valence-electron chi connectivity index (χ2n) is 9.38. The summed E-state index contributed by atoms with van der Waals surface area (Å²) in [5, 5.41) is 8.09. The summed E-state index contributed by atoms with van der Waals surface area (Å²) < 4.78 is 5.72. The molecule has 0 N–H and O–H groups in total. The molecule has 1 saturated heterocycles. The van der Waals surface area contributed by atoms with Crippen LogP contribution in [-0.4, -0.2) is 54.3 Å². The summed E-state index contributed by atoms with van der Waals surface area (Å²) in [6.45, 7) is 7.06. The van der Waals surface area contributed by atoms with Gasteiger partial charge in [0.05, 0.1) is 17.3 Å². The maximum atomic E-state index is 13.1. The molecule has 0 aliphatic carbocycles. The molecule has 1 aromatic rings. The largest absolute Gasteiger partial charge is 0.459 e. The molecular formula is C27H35N5O4. The van der Waals surface area contributed by atoms with Crippen molar-refractivity contribution in [3.63, 3.8) is 0 Å². The number of azide groups is 1. The number of hydrogen-bond donors (Lipinski definition) is 0. The molecule has 2 atom stereocenters. The monoisotopic (exact) mass is 493 g/mol. The second kappa shape index (κ2) is 13.5. The SMILES string of the molecule is Cc1cc(C)c2c(c1)CC(=NOCC(=O)N1CCCCC1)/C=C/C[C@@H](N=[N+]=[N-])/C=C/C[C@@H](C)OC2=O. The van der Waals surface area contributed by atoms with E-state index in [2.05, 4.69) is 15.2 Å². The third kappa shape index (κ3) is 7.99. The van der Waals surface area contributed by atoms with Crippen LogP contribution in [0.5, 0.6) is 0 Å². The fraction of sp³-hybridized carbons (Fsp3) is 0.519. The Bertz CT molecular complexity index is 1080. The molecule has 2 aliphatic rings. The number of oxime groups is 1. The smallest absolute Gasteiger partial charge is 0.338 e. The lowest BCUT2D eigenvalue weighted by Crippen LogP contribution is -2.37. The van der Waals surface area contributed by atoms with Crippen molar-refractivity contribution in [3.05, 3.63) is 69.1 Å². The van der Waals surface area contributed by atoms with Gasteiger partial charge in [-0.2, -0.15) is 0 Å². The number of ether oxygens (including phenoxy) is 1. The third-order valence-corrected chi connectivity index (χ3v) is 6.24. The molecule has 192 valence electrons. The quantitative estimate of drug-likeness (QED) is 0.140. The zero-order valence-corrected chi connectivity index (χ0v) is 21.4. The molecule has 0 bridgehead atoms. The van der Waals surface area contributed by atoms with Gasteiger partial charge in [-0.1, -0.05) is 46.2 Å². The minimum absolute atomic E-state index is 0.0814. The van der Waals surface area contributed by atoms with E-state index in [1.807, 2.05) is 56.0 Å². The van der Waals surface area contributed by atoms with Crippen molar-refractivity contribution < 1.29 is 19.2 Å². The van der Waals surface area contributed by atoms with Crippen LogP contribution in [0.3, 0.4) is 0 Å². The number of fused-ring (bicyclic) bond motifs is 1. The standard InChI is InChI=1S/C27H35N5O4/c1-19-15-20(2)26-22(16-19)17-24(30-35-18-25(33)32-13-5-4-6-14-32)12-8-11-23(29-31-28)10-7-9-21(3)36-27(26)34/h7-8,10,12,15-16,21,23H,4-6,9,11,13-14,17-18H2,1-3H3/b10-7+,12-8+,30-24?/t21-,23+/m1/s1. The zero-order valence-electron chi connectivity index (χ0n) is 21.4. The number of rotatable bonds is 4. The first-order valence-electron chi connectivity index (χ1n) is 12.5. The number of allylic oxidation sites excluding steroid dienone is 1. The Morgan fingerprint density at radius 1 is 1.19 bits per heavy atom. The lowest BCUT2D eigenvalue weighted by molar-refractivity contribution is -0.137. The van der Waals surface area contributed by atoms with Crippen LogP contribution in [0.2, 0.25) is 0 Å². The van der Waals surface area contributed by atoms with Gasteiger partial charge in [-0.3, -0.25) is 4.79 Å². The molecule has 1 aromatic carbocycles. The van der Waals surface area contributed by atoms with Gasteiger partial charge in [0.2, 0.25) is 0 Å². The van der Waals surface area contributed by atoms with E-state index in [0.717, 1.165) is 49.0 Å². The number of nitrogens with zero attached hydrogens (tertiary/aromatic N) is 5. The minimum atomic E-state index is -0.392. The van der Waals surface area contributed by atoms with E-state index in [4.69, 9.17) is 15.1 Å². The molecule has 9 nitrogen and oxygen atoms in total. The van der Waals surface area contributed by atoms with E-state index in [-0.39, 0.29) is 24.7 Å². The van der Waals surface area contributed by atoms with Gasteiger partial charge in [0.25, 0.3) is 5.91 Å². The molecule has 0 spiro atoms. The predicted octanol–water partition coefficient (Wildman–Crippen LogP) is 5.36. The van der Waals surface area contributed by atoms with Crippen LogP contribution < -0.4 is 0 Å². The van der Waals surface area contributed by atoms with E-state index < -0.39 is 5.97 Å². The van der Waals surface area contributed by atoms with E-state index in [1.54, 1.807) is 6.08 Å². The van der Waals surface area contributed by atoms with Crippen molar-refractivity contribution in [3.8, 4) is 0 Å². The van der Waals surface area contributed by atoms with Crippen molar-refractivity contribution >= 4 is 17.6 Å². The van der Waals surface area contributed by atoms with Gasteiger partial charge in [0, 0.05) is 30.8 Å². The number of hydrogen-bond acceptors (Lipinski definition) is 6. The zero-order chi connectivity index (χ0) is 25.9. The first-order valence-corrected chi connectivity index (χ1v) is 12.5. The van der Waals surface area contributed by atoms with Gasteiger partial charge in [0.15, 0.2) is 6.61 Å². The van der Waals surface area contributed by atoms with Crippen LogP contribution in [0.4, 0.5) is 0 Å². The molecule has 1 amide bonds. The van der Waals surface area contributed by atoms with E-state index in [0.29, 0.717) is 30.5 Å². The van der Waals surface area contributed by atoms with Crippen LogP contribution in [0.1, 0.15) is 66.1 Å². The predicted molar refractivity (Wildman–Crippen MR) is 139 cm³/mol. The highest BCUT2D eigenvalue weighted by Crippen LogP contribution is 2.21. The van der Waals surface area contributed by atoms with Gasteiger partial charge in [-0.05, 0) is 69.2 Å². The van der Waals surface area contributed by atoms with E-state index >= 15 is 0 Å². The summed E-state index contributed by atoms with van der Waals surface area (Å²) in [4.78, 5) is 35.8. The second-order valence-corrected chi connectivity index (χ2v) is 9.38. The summed E-state index contributed by atoms with van der Waals surface area (Å²) in [6, 6.07) is 3.53. The molecule has 36 heavy (non-hydrogen) atoms. The minimum Gasteiger partial charge on any atom is -0.459 e. The molecule has 3 rings (SSSR count). The fourth-order valence-corrected chi connectivity index (χ4v) is 4.50. The maximum absolute atomic E-state index is 13.1. The molecule has 1 fully saturated rings. The molecule has 0 unspecified atom stereocenters. The number of benzene rings is 1. The highest BCUT2D eigenvalue weighted by molar-refractivity contribution is 6.00. The Morgan fingerprint density at radius 2 is 1.97 bits per heavy atom. The summed E-state index contributed by atoms with van der Waals surface area (Å²) in [5.41, 5.74) is 12.6.